The Morgan fingerprint density at radius 2 is 2.22 bits per heavy atom. The van der Waals surface area contributed by atoms with Crippen molar-refractivity contribution < 1.29 is 14.7 Å². The number of amides is 1. The van der Waals surface area contributed by atoms with Gasteiger partial charge in [0.2, 0.25) is 5.91 Å². The van der Waals surface area contributed by atoms with E-state index in [2.05, 4.69) is 12.2 Å². The van der Waals surface area contributed by atoms with Crippen molar-refractivity contribution in [2.24, 2.45) is 0 Å². The molecule has 1 aliphatic rings. The van der Waals surface area contributed by atoms with E-state index < -0.39 is 5.97 Å². The van der Waals surface area contributed by atoms with Gasteiger partial charge in [-0.05, 0) is 32.7 Å². The molecule has 0 radical (unpaired) electrons. The van der Waals surface area contributed by atoms with Crippen molar-refractivity contribution in [2.75, 3.05) is 13.1 Å². The van der Waals surface area contributed by atoms with Crippen LogP contribution in [-0.2, 0) is 9.59 Å². The first-order chi connectivity index (χ1) is 8.52. The highest BCUT2D eigenvalue weighted by Gasteiger charge is 2.28. The Labute approximate surface area is 109 Å². The second-order valence-corrected chi connectivity index (χ2v) is 5.12. The number of rotatable bonds is 7. The van der Waals surface area contributed by atoms with Gasteiger partial charge in [-0.15, -0.1) is 0 Å². The molecule has 1 fully saturated rings. The van der Waals surface area contributed by atoms with E-state index in [1.54, 1.807) is 0 Å². The van der Waals surface area contributed by atoms with Crippen LogP contribution in [0.25, 0.3) is 0 Å². The summed E-state index contributed by atoms with van der Waals surface area (Å²) in [5, 5.41) is 11.8. The molecule has 2 unspecified atom stereocenters. The lowest BCUT2D eigenvalue weighted by Crippen LogP contribution is -2.43. The molecule has 0 aromatic rings. The minimum atomic E-state index is -0.786. The topological polar surface area (TPSA) is 69.6 Å². The predicted octanol–water partition coefficient (Wildman–Crippen LogP) is 1.23. The van der Waals surface area contributed by atoms with Crippen molar-refractivity contribution in [3.8, 4) is 0 Å². The number of carboxylic acids is 1. The fourth-order valence-electron chi connectivity index (χ4n) is 2.55. The van der Waals surface area contributed by atoms with Crippen LogP contribution in [0.2, 0.25) is 0 Å². The molecule has 18 heavy (non-hydrogen) atoms. The molecule has 1 rings (SSSR count). The first kappa shape index (κ1) is 15.0. The number of aliphatic carboxylic acids is 1. The number of likely N-dealkylation sites (tertiary alicyclic amines) is 1. The third-order valence-corrected chi connectivity index (χ3v) is 3.39. The highest BCUT2D eigenvalue weighted by molar-refractivity contribution is 5.78. The SMILES string of the molecule is CCCC(C)NC(=O)CN1CCCC1CC(=O)O. The molecule has 1 amide bonds. The van der Waals surface area contributed by atoms with Crippen LogP contribution in [0.3, 0.4) is 0 Å². The molecule has 0 aromatic heterocycles. The molecule has 1 aliphatic heterocycles. The van der Waals surface area contributed by atoms with Gasteiger partial charge >= 0.3 is 5.97 Å². The smallest absolute Gasteiger partial charge is 0.304 e. The van der Waals surface area contributed by atoms with Crippen LogP contribution >= 0.6 is 0 Å². The second-order valence-electron chi connectivity index (χ2n) is 5.12. The van der Waals surface area contributed by atoms with Gasteiger partial charge in [-0.2, -0.15) is 0 Å². The molecule has 2 N–H and O–H groups in total. The normalized spacial score (nSPS) is 21.8. The quantitative estimate of drug-likeness (QED) is 0.719. The first-order valence-electron chi connectivity index (χ1n) is 6.78. The average molecular weight is 256 g/mol. The van der Waals surface area contributed by atoms with Gasteiger partial charge in [0.05, 0.1) is 13.0 Å². The van der Waals surface area contributed by atoms with E-state index in [1.807, 2.05) is 11.8 Å². The summed E-state index contributed by atoms with van der Waals surface area (Å²) in [7, 11) is 0. The largest absolute Gasteiger partial charge is 0.481 e. The summed E-state index contributed by atoms with van der Waals surface area (Å²) in [5.74, 6) is -0.778. The third kappa shape index (κ3) is 5.04. The molecule has 104 valence electrons. The Morgan fingerprint density at radius 3 is 2.83 bits per heavy atom. The Balaban J connectivity index is 2.36. The monoisotopic (exact) mass is 256 g/mol. The number of hydrogen-bond acceptors (Lipinski definition) is 3. The van der Waals surface area contributed by atoms with Crippen molar-refractivity contribution in [3.63, 3.8) is 0 Å². The third-order valence-electron chi connectivity index (χ3n) is 3.39. The molecule has 1 heterocycles. The lowest BCUT2D eigenvalue weighted by Gasteiger charge is -2.23. The molecule has 0 spiro atoms. The predicted molar refractivity (Wildman–Crippen MR) is 69.4 cm³/mol. The summed E-state index contributed by atoms with van der Waals surface area (Å²) in [4.78, 5) is 24.5. The van der Waals surface area contributed by atoms with Gasteiger partial charge in [-0.3, -0.25) is 14.5 Å². The van der Waals surface area contributed by atoms with Crippen LogP contribution in [0, 0.1) is 0 Å². The summed E-state index contributed by atoms with van der Waals surface area (Å²) in [5.41, 5.74) is 0. The number of carbonyl (C=O) groups excluding carboxylic acids is 1. The van der Waals surface area contributed by atoms with Gasteiger partial charge in [0.15, 0.2) is 0 Å². The van der Waals surface area contributed by atoms with Crippen molar-refractivity contribution >= 4 is 11.9 Å². The maximum Gasteiger partial charge on any atom is 0.304 e. The Kier molecular flexibility index (Phi) is 6.12. The van der Waals surface area contributed by atoms with Gasteiger partial charge in [-0.1, -0.05) is 13.3 Å². The second kappa shape index (κ2) is 7.36. The summed E-state index contributed by atoms with van der Waals surface area (Å²) < 4.78 is 0. The van der Waals surface area contributed by atoms with Crippen LogP contribution < -0.4 is 5.32 Å². The first-order valence-corrected chi connectivity index (χ1v) is 6.78. The molecule has 0 bridgehead atoms. The molecule has 0 saturated carbocycles. The lowest BCUT2D eigenvalue weighted by molar-refractivity contribution is -0.138. The summed E-state index contributed by atoms with van der Waals surface area (Å²) in [6, 6.07) is 0.220. The highest BCUT2D eigenvalue weighted by Crippen LogP contribution is 2.19. The summed E-state index contributed by atoms with van der Waals surface area (Å²) in [6.45, 7) is 5.24. The fourth-order valence-corrected chi connectivity index (χ4v) is 2.55. The fraction of sp³-hybridized carbons (Fsp3) is 0.846. The van der Waals surface area contributed by atoms with Crippen molar-refractivity contribution in [2.45, 2.75) is 58.0 Å². The molecule has 2 atom stereocenters. The number of carboxylic acid groups (broad SMARTS) is 1. The van der Waals surface area contributed by atoms with Crippen LogP contribution in [-0.4, -0.2) is 47.1 Å². The molecular formula is C13H24N2O3. The van der Waals surface area contributed by atoms with E-state index in [1.165, 1.54) is 0 Å². The average Bonchev–Trinajstić information content (AvgIpc) is 2.64. The van der Waals surface area contributed by atoms with E-state index in [0.29, 0.717) is 6.54 Å². The van der Waals surface area contributed by atoms with E-state index in [4.69, 9.17) is 5.11 Å². The number of hydrogen-bond donors (Lipinski definition) is 2. The Morgan fingerprint density at radius 1 is 1.50 bits per heavy atom. The van der Waals surface area contributed by atoms with Gasteiger partial charge < -0.3 is 10.4 Å². The molecule has 0 aromatic carbocycles. The number of carbonyl (C=O) groups is 2. The maximum absolute atomic E-state index is 11.8. The van der Waals surface area contributed by atoms with Gasteiger partial charge in [0, 0.05) is 12.1 Å². The van der Waals surface area contributed by atoms with E-state index in [9.17, 15) is 9.59 Å². The van der Waals surface area contributed by atoms with Crippen LogP contribution in [0.5, 0.6) is 0 Å². The Bertz CT molecular complexity index is 294. The minimum absolute atomic E-state index is 0.00763. The Hall–Kier alpha value is -1.10. The van der Waals surface area contributed by atoms with E-state index in [0.717, 1.165) is 32.2 Å². The highest BCUT2D eigenvalue weighted by atomic mass is 16.4. The maximum atomic E-state index is 11.8. The minimum Gasteiger partial charge on any atom is -0.481 e. The van der Waals surface area contributed by atoms with Crippen LogP contribution in [0.1, 0.15) is 46.0 Å². The zero-order valence-corrected chi connectivity index (χ0v) is 11.3. The molecule has 0 aliphatic carbocycles. The molecule has 1 saturated heterocycles. The zero-order chi connectivity index (χ0) is 13.5. The van der Waals surface area contributed by atoms with Crippen LogP contribution in [0.15, 0.2) is 0 Å². The molecule has 5 heteroatoms. The van der Waals surface area contributed by atoms with Crippen molar-refractivity contribution in [3.05, 3.63) is 0 Å². The van der Waals surface area contributed by atoms with Gasteiger partial charge in [0.25, 0.3) is 0 Å². The standard InChI is InChI=1S/C13H24N2O3/c1-3-5-10(2)14-12(16)9-15-7-4-6-11(15)8-13(17)18/h10-11H,3-9H2,1-2H3,(H,14,16)(H,17,18). The van der Waals surface area contributed by atoms with E-state index >= 15 is 0 Å². The molecule has 5 nitrogen and oxygen atoms in total. The van der Waals surface area contributed by atoms with Gasteiger partial charge in [0.1, 0.15) is 0 Å². The number of nitrogens with one attached hydrogen (secondary N) is 1. The van der Waals surface area contributed by atoms with E-state index in [-0.39, 0.29) is 24.4 Å². The lowest BCUT2D eigenvalue weighted by atomic mass is 10.1. The summed E-state index contributed by atoms with van der Waals surface area (Å²) >= 11 is 0. The van der Waals surface area contributed by atoms with Crippen molar-refractivity contribution in [1.29, 1.82) is 0 Å². The molecular weight excluding hydrogens is 232 g/mol. The van der Waals surface area contributed by atoms with Crippen LogP contribution in [0.4, 0.5) is 0 Å². The van der Waals surface area contributed by atoms with Gasteiger partial charge in [-0.25, -0.2) is 0 Å². The zero-order valence-electron chi connectivity index (χ0n) is 11.3. The number of nitrogens with zero attached hydrogens (tertiary/aromatic N) is 1. The summed E-state index contributed by atoms with van der Waals surface area (Å²) in [6.07, 6.45) is 4.02. The van der Waals surface area contributed by atoms with Crippen molar-refractivity contribution in [1.82, 2.24) is 10.2 Å².